The van der Waals surface area contributed by atoms with Gasteiger partial charge in [0.1, 0.15) is 5.65 Å². The molecule has 1 aliphatic rings. The highest BCUT2D eigenvalue weighted by atomic mass is 16.2. The number of hydrogen-bond donors (Lipinski definition) is 0. The van der Waals surface area contributed by atoms with Gasteiger partial charge >= 0.3 is 5.69 Å². The molecule has 0 aliphatic carbocycles. The van der Waals surface area contributed by atoms with Crippen LogP contribution in [0.3, 0.4) is 0 Å². The molecule has 1 aliphatic heterocycles. The van der Waals surface area contributed by atoms with Gasteiger partial charge in [-0.05, 0) is 31.0 Å². The van der Waals surface area contributed by atoms with E-state index in [-0.39, 0.29) is 23.0 Å². The lowest BCUT2D eigenvalue weighted by Gasteiger charge is -2.22. The van der Waals surface area contributed by atoms with Crippen LogP contribution < -0.4 is 16.1 Å². The number of anilines is 1. The number of hydrogen-bond acceptors (Lipinski definition) is 4. The van der Waals surface area contributed by atoms with Crippen molar-refractivity contribution < 1.29 is 4.79 Å². The van der Waals surface area contributed by atoms with Gasteiger partial charge in [0.05, 0.1) is 10.9 Å². The van der Waals surface area contributed by atoms with Crippen molar-refractivity contribution in [1.82, 2.24) is 14.1 Å². The minimum absolute atomic E-state index is 0.0264. The van der Waals surface area contributed by atoms with Crippen molar-refractivity contribution in [2.24, 2.45) is 14.1 Å². The molecule has 0 spiro atoms. The van der Waals surface area contributed by atoms with Gasteiger partial charge in [0.15, 0.2) is 0 Å². The summed E-state index contributed by atoms with van der Waals surface area (Å²) in [5.41, 5.74) is 1.71. The molecule has 1 atom stereocenters. The maximum Gasteiger partial charge on any atom is 0.332 e. The molecule has 4 rings (SSSR count). The third-order valence-corrected chi connectivity index (χ3v) is 4.97. The second-order valence-corrected chi connectivity index (χ2v) is 6.66. The number of carbonyl (C=O) groups excluding carboxylic acids is 1. The van der Waals surface area contributed by atoms with Crippen LogP contribution in [0.15, 0.2) is 46.1 Å². The van der Waals surface area contributed by atoms with Gasteiger partial charge in [0, 0.05) is 32.0 Å². The summed E-state index contributed by atoms with van der Waals surface area (Å²) in [5, 5.41) is 0.251. The minimum atomic E-state index is -0.458. The summed E-state index contributed by atoms with van der Waals surface area (Å²) in [6.07, 6.45) is 2.22. The summed E-state index contributed by atoms with van der Waals surface area (Å²) in [7, 11) is 2.97. The number of amides is 1. The lowest BCUT2D eigenvalue weighted by Crippen LogP contribution is -2.38. The first-order valence-corrected chi connectivity index (χ1v) is 8.37. The van der Waals surface area contributed by atoms with Gasteiger partial charge in [-0.1, -0.05) is 18.2 Å². The van der Waals surface area contributed by atoms with Crippen molar-refractivity contribution in [3.63, 3.8) is 0 Å². The zero-order chi connectivity index (χ0) is 18.6. The molecule has 0 N–H and O–H groups in total. The number of carbonyl (C=O) groups is 1. The molecule has 7 nitrogen and oxygen atoms in total. The molecule has 1 aromatic carbocycles. The van der Waals surface area contributed by atoms with Crippen molar-refractivity contribution in [1.29, 1.82) is 0 Å². The average molecular weight is 350 g/mol. The van der Waals surface area contributed by atoms with E-state index in [0.717, 1.165) is 22.2 Å². The maximum atomic E-state index is 13.1. The molecule has 0 bridgehead atoms. The molecule has 0 saturated heterocycles. The van der Waals surface area contributed by atoms with Crippen molar-refractivity contribution in [2.45, 2.75) is 19.4 Å². The van der Waals surface area contributed by atoms with Gasteiger partial charge in [0.25, 0.3) is 11.5 Å². The van der Waals surface area contributed by atoms with Gasteiger partial charge < -0.3 is 4.90 Å². The van der Waals surface area contributed by atoms with Crippen LogP contribution in [-0.2, 0) is 20.5 Å². The van der Waals surface area contributed by atoms with E-state index >= 15 is 0 Å². The highest BCUT2D eigenvalue weighted by Gasteiger charge is 2.31. The third-order valence-electron chi connectivity index (χ3n) is 4.97. The van der Waals surface area contributed by atoms with Gasteiger partial charge in [-0.25, -0.2) is 9.78 Å². The Bertz CT molecular complexity index is 1180. The topological polar surface area (TPSA) is 77.2 Å². The van der Waals surface area contributed by atoms with Crippen LogP contribution in [0.2, 0.25) is 0 Å². The molecule has 7 heteroatoms. The van der Waals surface area contributed by atoms with Crippen molar-refractivity contribution in [3.8, 4) is 0 Å². The SMILES string of the molecule is CC1Cc2ccccc2N1C(=O)c1cnc2c(c1)c(=O)n(C)c(=O)n2C. The van der Waals surface area contributed by atoms with Crippen LogP contribution in [0.25, 0.3) is 11.0 Å². The zero-order valence-corrected chi connectivity index (χ0v) is 14.8. The fourth-order valence-electron chi connectivity index (χ4n) is 3.60. The Morgan fingerprint density at radius 2 is 1.88 bits per heavy atom. The second-order valence-electron chi connectivity index (χ2n) is 6.66. The summed E-state index contributed by atoms with van der Waals surface area (Å²) in [6, 6.07) is 9.36. The number of pyridine rings is 1. The van der Waals surface area contributed by atoms with Gasteiger partial charge in [0.2, 0.25) is 0 Å². The Morgan fingerprint density at radius 1 is 1.15 bits per heavy atom. The van der Waals surface area contributed by atoms with Crippen molar-refractivity contribution in [3.05, 3.63) is 68.5 Å². The number of rotatable bonds is 1. The minimum Gasteiger partial charge on any atom is -0.305 e. The van der Waals surface area contributed by atoms with Crippen molar-refractivity contribution >= 4 is 22.6 Å². The first-order chi connectivity index (χ1) is 12.4. The lowest BCUT2D eigenvalue weighted by molar-refractivity contribution is 0.0981. The van der Waals surface area contributed by atoms with Crippen LogP contribution in [-0.4, -0.2) is 26.1 Å². The standard InChI is InChI=1S/C19H18N4O3/c1-11-8-12-6-4-5-7-15(12)23(11)17(24)13-9-14-16(20-10-13)21(2)19(26)22(3)18(14)25/h4-7,9-11H,8H2,1-3H3. The normalized spacial score (nSPS) is 16.1. The van der Waals surface area contributed by atoms with E-state index in [4.69, 9.17) is 0 Å². The van der Waals surface area contributed by atoms with E-state index < -0.39 is 11.2 Å². The smallest absolute Gasteiger partial charge is 0.305 e. The van der Waals surface area contributed by atoms with Crippen LogP contribution in [0.1, 0.15) is 22.8 Å². The Balaban J connectivity index is 1.87. The number of nitrogens with zero attached hydrogens (tertiary/aromatic N) is 4. The van der Waals surface area contributed by atoms with Crippen LogP contribution >= 0.6 is 0 Å². The molecule has 26 heavy (non-hydrogen) atoms. The van der Waals surface area contributed by atoms with Gasteiger partial charge in [-0.15, -0.1) is 0 Å². The monoisotopic (exact) mass is 350 g/mol. The van der Waals surface area contributed by atoms with Crippen LogP contribution in [0.4, 0.5) is 5.69 Å². The highest BCUT2D eigenvalue weighted by Crippen LogP contribution is 2.33. The molecule has 3 aromatic rings. The molecule has 2 aromatic heterocycles. The fraction of sp³-hybridized carbons (Fsp3) is 0.263. The van der Waals surface area contributed by atoms with Crippen LogP contribution in [0, 0.1) is 0 Å². The Morgan fingerprint density at radius 3 is 2.65 bits per heavy atom. The maximum absolute atomic E-state index is 13.1. The van der Waals surface area contributed by atoms with Crippen LogP contribution in [0.5, 0.6) is 0 Å². The predicted molar refractivity (Wildman–Crippen MR) is 98.6 cm³/mol. The highest BCUT2D eigenvalue weighted by molar-refractivity contribution is 6.08. The summed E-state index contributed by atoms with van der Waals surface area (Å²) in [4.78, 5) is 43.5. The molecule has 0 fully saturated rings. The van der Waals surface area contributed by atoms with Crippen molar-refractivity contribution in [2.75, 3.05) is 4.90 Å². The van der Waals surface area contributed by atoms with Gasteiger partial charge in [-0.2, -0.15) is 0 Å². The molecule has 3 heterocycles. The largest absolute Gasteiger partial charge is 0.332 e. The fourth-order valence-corrected chi connectivity index (χ4v) is 3.60. The number of benzene rings is 1. The predicted octanol–water partition coefficient (Wildman–Crippen LogP) is 1.22. The molecule has 1 amide bonds. The Labute approximate surface area is 149 Å². The van der Waals surface area contributed by atoms with E-state index in [1.165, 1.54) is 23.9 Å². The average Bonchev–Trinajstić information content (AvgIpc) is 2.99. The number of fused-ring (bicyclic) bond motifs is 2. The number of aromatic nitrogens is 3. The Hall–Kier alpha value is -3.22. The zero-order valence-electron chi connectivity index (χ0n) is 14.8. The summed E-state index contributed by atoms with van der Waals surface area (Å²) in [6.45, 7) is 2.00. The van der Waals surface area contributed by atoms with E-state index in [2.05, 4.69) is 4.98 Å². The van der Waals surface area contributed by atoms with E-state index in [9.17, 15) is 14.4 Å². The second kappa shape index (κ2) is 5.66. The summed E-state index contributed by atoms with van der Waals surface area (Å²) < 4.78 is 2.32. The lowest BCUT2D eigenvalue weighted by atomic mass is 10.1. The summed E-state index contributed by atoms with van der Waals surface area (Å²) >= 11 is 0. The first-order valence-electron chi connectivity index (χ1n) is 8.37. The van der Waals surface area contributed by atoms with Gasteiger partial charge in [-0.3, -0.25) is 18.7 Å². The van der Waals surface area contributed by atoms with E-state index in [1.54, 1.807) is 11.9 Å². The van der Waals surface area contributed by atoms with E-state index in [1.807, 2.05) is 31.2 Å². The van der Waals surface area contributed by atoms with E-state index in [0.29, 0.717) is 5.56 Å². The molecule has 0 radical (unpaired) electrons. The quantitative estimate of drug-likeness (QED) is 0.661. The first kappa shape index (κ1) is 16.3. The number of aryl methyl sites for hydroxylation is 1. The molecule has 132 valence electrons. The number of para-hydroxylation sites is 1. The molecule has 1 unspecified atom stereocenters. The molecule has 0 saturated carbocycles. The summed E-state index contributed by atoms with van der Waals surface area (Å²) in [5.74, 6) is -0.201. The third kappa shape index (κ3) is 2.20. The molecular formula is C19H18N4O3. The molecular weight excluding hydrogens is 332 g/mol. The Kier molecular flexibility index (Phi) is 3.54.